The molecule has 19 nitrogen and oxygen atoms in total. The summed E-state index contributed by atoms with van der Waals surface area (Å²) in [6, 6.07) is 0. The van der Waals surface area contributed by atoms with Crippen LogP contribution >= 0.6 is 0 Å². The summed E-state index contributed by atoms with van der Waals surface area (Å²) in [7, 11) is 1.37. The molecule has 4 aliphatic heterocycles. The van der Waals surface area contributed by atoms with Crippen molar-refractivity contribution in [1.29, 1.82) is 0 Å². The second kappa shape index (κ2) is 19.0. The first-order valence-electron chi connectivity index (χ1n) is 19.9. The van der Waals surface area contributed by atoms with Crippen molar-refractivity contribution in [3.8, 4) is 28.7 Å². The maximum atomic E-state index is 14.3. The third-order valence-electron chi connectivity index (χ3n) is 11.9. The molecule has 62 heavy (non-hydrogen) atoms. The lowest BCUT2D eigenvalue weighted by atomic mass is 9.78. The number of methoxy groups -OCH3 is 1. The average Bonchev–Trinajstić information content (AvgIpc) is 3.66. The average molecular weight is 874 g/mol. The van der Waals surface area contributed by atoms with Crippen molar-refractivity contribution in [2.24, 2.45) is 23.7 Å². The molecule has 1 fully saturated rings. The molecule has 340 valence electrons. The first-order valence-corrected chi connectivity index (χ1v) is 19.9. The number of phenolic OH excluding ortho intramolecular Hbond substituents is 3. The fourth-order valence-electron chi connectivity index (χ4n) is 8.22. The molecule has 1 amide bonds. The molecule has 0 radical (unpaired) electrons. The van der Waals surface area contributed by atoms with Gasteiger partial charge in [-0.25, -0.2) is 0 Å². The molecule has 5 bridgehead atoms. The maximum absolute atomic E-state index is 14.3. The highest BCUT2D eigenvalue weighted by atomic mass is 16.7. The van der Waals surface area contributed by atoms with E-state index in [1.54, 1.807) is 33.8 Å². The van der Waals surface area contributed by atoms with Gasteiger partial charge in [0.25, 0.3) is 18.2 Å². The predicted octanol–water partition coefficient (Wildman–Crippen LogP) is 2.75. The number of allylic oxidation sites excluding steroid dienone is 2. The van der Waals surface area contributed by atoms with Crippen LogP contribution in [0.4, 0.5) is 5.69 Å². The van der Waals surface area contributed by atoms with E-state index in [2.05, 4.69) is 5.32 Å². The summed E-state index contributed by atoms with van der Waals surface area (Å²) >= 11 is 0. The molecule has 2 aromatic carbocycles. The molecule has 13 atom stereocenters. The molecule has 0 aromatic heterocycles. The monoisotopic (exact) mass is 873 g/mol. The van der Waals surface area contributed by atoms with E-state index in [4.69, 9.17) is 33.2 Å². The largest absolute Gasteiger partial charge is 0.507 e. The van der Waals surface area contributed by atoms with Crippen LogP contribution in [0.5, 0.6) is 28.7 Å². The molecule has 1 saturated heterocycles. The van der Waals surface area contributed by atoms with Crippen molar-refractivity contribution in [1.82, 2.24) is 0 Å². The van der Waals surface area contributed by atoms with Crippen LogP contribution in [0.1, 0.15) is 64.4 Å². The first kappa shape index (κ1) is 47.8. The molecule has 0 spiro atoms. The van der Waals surface area contributed by atoms with Gasteiger partial charge in [0, 0.05) is 61.2 Å². The van der Waals surface area contributed by atoms with Gasteiger partial charge in [0.2, 0.25) is 0 Å². The van der Waals surface area contributed by atoms with Crippen LogP contribution in [0.25, 0.3) is 10.8 Å². The number of aliphatic hydroxyl groups excluding tert-OH is 4. The highest BCUT2D eigenvalue weighted by Crippen LogP contribution is 2.57. The van der Waals surface area contributed by atoms with Crippen LogP contribution in [0.15, 0.2) is 36.1 Å². The molecule has 8 N–H and O–H groups in total. The van der Waals surface area contributed by atoms with Gasteiger partial charge in [-0.05, 0) is 19.9 Å². The van der Waals surface area contributed by atoms with Crippen LogP contribution in [-0.4, -0.2) is 128 Å². The standard InChI is InChI=1S/C43H55NO18/c1-17-11-10-12-18(2)41(55)44-29-33(51)27-26(34(52)39(29)57-16-46)28-38(21(5)31(27)49)62-43(8,40(28)54)58-14-13-24(56-9)19(3)36(59-23(7)47)22(6)37(20(4)30(17)48)61-42-35(53)32(50)25(15-45)60-42/h10-14,16-17,19-20,22,24-25,30,32,35-37,42,45,48-53H,15H2,1-9H3,(H,44,55)/b11-10-,14-13?,18-12-/t17-,19+,20+,22-,24-,25+,30-,32+,35+,36+,37+,42+,43-/m0/s1. The second-order valence-corrected chi connectivity index (χ2v) is 16.1. The number of benzene rings is 2. The lowest BCUT2D eigenvalue weighted by molar-refractivity contribution is -0.231. The number of esters is 1. The Hall–Kier alpha value is -5.28. The number of aliphatic hydroxyl groups is 4. The van der Waals surface area contributed by atoms with Gasteiger partial charge in [-0.2, -0.15) is 0 Å². The van der Waals surface area contributed by atoms with Gasteiger partial charge in [-0.3, -0.25) is 19.2 Å². The SMILES string of the molecule is CO[C@H]1C=CO[C@@]2(C)Oc3c(C)c(O)c4c(O)c(c(OC=O)c(O)c4c3C2=O)NC(=O)/C(C)=C\C=C/[C@H](C)[C@H](O)[C@@H](C)[C@@H](O[C@H]2O[C@H](CO)[C@@H](O)[C@H]2O)[C@@H](C)[C@H](OC(C)=O)[C@@H]1C. The number of hydrogen-bond acceptors (Lipinski definition) is 18. The smallest absolute Gasteiger partial charge is 0.312 e. The third-order valence-corrected chi connectivity index (χ3v) is 11.9. The Kier molecular flexibility index (Phi) is 14.6. The van der Waals surface area contributed by atoms with Gasteiger partial charge in [0.1, 0.15) is 41.6 Å². The highest BCUT2D eigenvalue weighted by Gasteiger charge is 2.51. The third kappa shape index (κ3) is 8.83. The minimum Gasteiger partial charge on any atom is -0.507 e. The Bertz CT molecular complexity index is 2150. The summed E-state index contributed by atoms with van der Waals surface area (Å²) in [6.45, 7) is 11.3. The zero-order valence-electron chi connectivity index (χ0n) is 35.7. The Morgan fingerprint density at radius 1 is 0.919 bits per heavy atom. The van der Waals surface area contributed by atoms with Crippen LogP contribution in [0, 0.1) is 30.6 Å². The number of rotatable bonds is 7. The van der Waals surface area contributed by atoms with Gasteiger partial charge in [0.15, 0.2) is 23.5 Å². The number of fused-ring (bicyclic) bond motifs is 14. The number of carbonyl (C=O) groups excluding carboxylic acids is 4. The number of carbonyl (C=O) groups is 4. The maximum Gasteiger partial charge on any atom is 0.312 e. The van der Waals surface area contributed by atoms with Crippen LogP contribution < -0.4 is 14.8 Å². The van der Waals surface area contributed by atoms with Crippen molar-refractivity contribution >= 4 is 40.6 Å². The van der Waals surface area contributed by atoms with Crippen LogP contribution in [-0.2, 0) is 38.1 Å². The van der Waals surface area contributed by atoms with E-state index in [0.717, 1.165) is 6.26 Å². The summed E-state index contributed by atoms with van der Waals surface area (Å²) in [5.74, 6) is -11.0. The number of ketones is 1. The Balaban J connectivity index is 1.68. The van der Waals surface area contributed by atoms with E-state index in [-0.39, 0.29) is 28.9 Å². The summed E-state index contributed by atoms with van der Waals surface area (Å²) in [6.07, 6.45) is -3.07. The molecule has 6 rings (SSSR count). The summed E-state index contributed by atoms with van der Waals surface area (Å²) in [5, 5.41) is 78.8. The normalized spacial score (nSPS) is 34.6. The Labute approximate surface area is 357 Å². The summed E-state index contributed by atoms with van der Waals surface area (Å²) in [4.78, 5) is 52.1. The van der Waals surface area contributed by atoms with E-state index in [1.807, 2.05) is 0 Å². The van der Waals surface area contributed by atoms with Gasteiger partial charge < -0.3 is 74.2 Å². The Morgan fingerprint density at radius 2 is 1.60 bits per heavy atom. The first-order chi connectivity index (χ1) is 29.1. The van der Waals surface area contributed by atoms with E-state index < -0.39 is 142 Å². The lowest BCUT2D eigenvalue weighted by Gasteiger charge is -2.41. The predicted molar refractivity (Wildman–Crippen MR) is 217 cm³/mol. The van der Waals surface area contributed by atoms with Crippen molar-refractivity contribution in [3.05, 3.63) is 47.3 Å². The number of Topliss-reactive ketones (excluding diaryl/α,β-unsaturated/α-hetero) is 1. The molecule has 2 aromatic rings. The number of amides is 1. The number of aromatic hydroxyl groups is 3. The number of nitrogens with one attached hydrogen (secondary N) is 1. The van der Waals surface area contributed by atoms with Crippen LogP contribution in [0.2, 0.25) is 0 Å². The molecular formula is C43H55NO18. The zero-order valence-corrected chi connectivity index (χ0v) is 35.7. The molecule has 4 heterocycles. The zero-order chi connectivity index (χ0) is 46.1. The van der Waals surface area contributed by atoms with Gasteiger partial charge in [-0.1, -0.05) is 45.9 Å². The number of hydrogen-bond donors (Lipinski definition) is 8. The van der Waals surface area contributed by atoms with E-state index >= 15 is 0 Å². The number of phenols is 3. The topological polar surface area (TPSA) is 287 Å². The number of ether oxygens (including phenoxy) is 7. The van der Waals surface area contributed by atoms with Crippen LogP contribution in [0.3, 0.4) is 0 Å². The fourth-order valence-corrected chi connectivity index (χ4v) is 8.22. The number of anilines is 1. The van der Waals surface area contributed by atoms with Crippen molar-refractivity contribution in [2.45, 2.75) is 110 Å². The minimum absolute atomic E-state index is 0.0190. The Morgan fingerprint density at radius 3 is 2.19 bits per heavy atom. The highest BCUT2D eigenvalue weighted by molar-refractivity contribution is 6.22. The van der Waals surface area contributed by atoms with E-state index in [1.165, 1.54) is 53.0 Å². The quantitative estimate of drug-likeness (QED) is 0.0859. The molecule has 0 unspecified atom stereocenters. The van der Waals surface area contributed by atoms with Gasteiger partial charge >= 0.3 is 11.8 Å². The molecule has 0 saturated carbocycles. The van der Waals surface area contributed by atoms with Gasteiger partial charge in [0.05, 0.1) is 42.1 Å². The van der Waals surface area contributed by atoms with Crippen molar-refractivity contribution in [2.75, 3.05) is 19.0 Å². The molecule has 4 aliphatic rings. The van der Waals surface area contributed by atoms with Crippen molar-refractivity contribution < 1.29 is 88.1 Å². The summed E-state index contributed by atoms with van der Waals surface area (Å²) in [5.41, 5.74) is -0.999. The van der Waals surface area contributed by atoms with Crippen molar-refractivity contribution in [3.63, 3.8) is 0 Å². The lowest BCUT2D eigenvalue weighted by Crippen LogP contribution is -2.50. The molecule has 19 heteroatoms. The van der Waals surface area contributed by atoms with Gasteiger partial charge in [-0.15, -0.1) is 0 Å². The van der Waals surface area contributed by atoms with E-state index in [9.17, 15) is 54.9 Å². The minimum atomic E-state index is -2.17. The van der Waals surface area contributed by atoms with E-state index in [0.29, 0.717) is 0 Å². The molecule has 0 aliphatic carbocycles. The second-order valence-electron chi connectivity index (χ2n) is 16.1. The summed E-state index contributed by atoms with van der Waals surface area (Å²) < 4.78 is 40.6. The molecular weight excluding hydrogens is 818 g/mol. The fraction of sp³-hybridized carbons (Fsp3) is 0.535.